The highest BCUT2D eigenvalue weighted by Gasteiger charge is 2.32. The molecule has 2 aromatic rings. The van der Waals surface area contributed by atoms with Crippen molar-refractivity contribution in [2.75, 3.05) is 18.6 Å². The van der Waals surface area contributed by atoms with E-state index in [1.165, 1.54) is 18.2 Å². The summed E-state index contributed by atoms with van der Waals surface area (Å²) in [6, 6.07) is 9.58. The van der Waals surface area contributed by atoms with Crippen molar-refractivity contribution >= 4 is 34.1 Å². The third-order valence-electron chi connectivity index (χ3n) is 5.77. The number of allylic oxidation sites excluding steroid dienone is 1. The van der Waals surface area contributed by atoms with Gasteiger partial charge in [-0.05, 0) is 51.8 Å². The Morgan fingerprint density at radius 2 is 1.94 bits per heavy atom. The Hall–Kier alpha value is -4.06. The summed E-state index contributed by atoms with van der Waals surface area (Å²) in [5.41, 5.74) is 3.36. The van der Waals surface area contributed by atoms with Crippen molar-refractivity contribution < 1.29 is 14.5 Å². The van der Waals surface area contributed by atoms with E-state index < -0.39 is 4.92 Å². The number of azo groups is 1. The number of nitrogens with zero attached hydrogens (tertiary/aromatic N) is 5. The van der Waals surface area contributed by atoms with Crippen LogP contribution in [-0.2, 0) is 4.79 Å². The normalized spacial score (nSPS) is 14.4. The molecule has 1 heterocycles. The Kier molecular flexibility index (Phi) is 7.11. The average Bonchev–Trinajstić information content (AvgIpc) is 2.78. The van der Waals surface area contributed by atoms with Crippen molar-refractivity contribution in [1.29, 1.82) is 5.26 Å². The lowest BCUT2D eigenvalue weighted by Crippen LogP contribution is -2.45. The molecular weight excluding hydrogens is 434 g/mol. The number of nitro groups is 1. The highest BCUT2D eigenvalue weighted by Crippen LogP contribution is 2.45. The van der Waals surface area contributed by atoms with Gasteiger partial charge < -0.3 is 14.4 Å². The minimum atomic E-state index is -0.562. The number of anilines is 1. The zero-order valence-electron chi connectivity index (χ0n) is 20.0. The lowest BCUT2D eigenvalue weighted by Gasteiger charge is -2.43. The van der Waals surface area contributed by atoms with E-state index in [2.05, 4.69) is 35.1 Å². The van der Waals surface area contributed by atoms with Crippen LogP contribution in [0.25, 0.3) is 5.57 Å². The van der Waals surface area contributed by atoms with Crippen LogP contribution in [0.3, 0.4) is 0 Å². The smallest absolute Gasteiger partial charge is 0.270 e. The van der Waals surface area contributed by atoms with Crippen LogP contribution in [0.1, 0.15) is 51.7 Å². The summed E-state index contributed by atoms with van der Waals surface area (Å²) in [5.74, 6) is 0.670. The summed E-state index contributed by atoms with van der Waals surface area (Å²) in [6.07, 6.45) is 3.44. The predicted molar refractivity (Wildman–Crippen MR) is 130 cm³/mol. The summed E-state index contributed by atoms with van der Waals surface area (Å²) < 4.78 is 5.59. The van der Waals surface area contributed by atoms with Crippen molar-refractivity contribution in [2.24, 2.45) is 10.2 Å². The van der Waals surface area contributed by atoms with E-state index in [4.69, 9.17) is 4.74 Å². The standard InChI is InChI=1S/C25H27N5O4/c1-16-14-25(3,4)29(10-6-7-17(2)31)23-13-24(34-5)22(12-20(16)23)28-27-21-9-8-19(30(32)33)11-18(21)15-26/h8-9,11-14H,6-7,10H2,1-5H3/b28-27+. The largest absolute Gasteiger partial charge is 0.494 e. The molecule has 0 spiro atoms. The lowest BCUT2D eigenvalue weighted by atomic mass is 9.88. The molecule has 2 aromatic carbocycles. The number of ketones is 1. The van der Waals surface area contributed by atoms with Crippen molar-refractivity contribution in [3.05, 3.63) is 57.6 Å². The Morgan fingerprint density at radius 1 is 1.24 bits per heavy atom. The van der Waals surface area contributed by atoms with Gasteiger partial charge >= 0.3 is 0 Å². The van der Waals surface area contributed by atoms with Gasteiger partial charge in [0.25, 0.3) is 5.69 Å². The molecule has 0 aliphatic carbocycles. The molecule has 0 bridgehead atoms. The van der Waals surface area contributed by atoms with Crippen LogP contribution < -0.4 is 9.64 Å². The van der Waals surface area contributed by atoms with Gasteiger partial charge in [0.2, 0.25) is 0 Å². The van der Waals surface area contributed by atoms with E-state index in [1.54, 1.807) is 14.0 Å². The van der Waals surface area contributed by atoms with Crippen LogP contribution in [0.4, 0.5) is 22.7 Å². The van der Waals surface area contributed by atoms with E-state index in [0.29, 0.717) is 24.4 Å². The highest BCUT2D eigenvalue weighted by molar-refractivity contribution is 5.85. The maximum absolute atomic E-state index is 11.4. The van der Waals surface area contributed by atoms with Crippen molar-refractivity contribution in [2.45, 2.75) is 46.1 Å². The topological polar surface area (TPSA) is 121 Å². The van der Waals surface area contributed by atoms with Crippen LogP contribution in [0.2, 0.25) is 0 Å². The molecule has 0 radical (unpaired) electrons. The SMILES string of the molecule is COc1cc2c(cc1/N=N/c1ccc([N+](=O)[O-])cc1C#N)C(C)=CC(C)(C)N2CCCC(C)=O. The number of hydrogen-bond donors (Lipinski definition) is 0. The van der Waals surface area contributed by atoms with Gasteiger partial charge in [0.05, 0.1) is 23.1 Å². The maximum Gasteiger partial charge on any atom is 0.270 e. The molecule has 176 valence electrons. The molecule has 9 nitrogen and oxygen atoms in total. The van der Waals surface area contributed by atoms with Crippen LogP contribution in [0.15, 0.2) is 46.6 Å². The number of non-ortho nitro benzene ring substituents is 1. The molecule has 0 unspecified atom stereocenters. The van der Waals surface area contributed by atoms with E-state index in [-0.39, 0.29) is 28.3 Å². The van der Waals surface area contributed by atoms with Gasteiger partial charge in [0, 0.05) is 42.4 Å². The van der Waals surface area contributed by atoms with Gasteiger partial charge in [-0.2, -0.15) is 5.26 Å². The van der Waals surface area contributed by atoms with Crippen molar-refractivity contribution in [3.8, 4) is 11.8 Å². The Labute approximate surface area is 198 Å². The molecule has 0 fully saturated rings. The molecule has 0 saturated heterocycles. The molecule has 3 rings (SSSR count). The van der Waals surface area contributed by atoms with Crippen LogP contribution in [0.5, 0.6) is 5.75 Å². The third-order valence-corrected chi connectivity index (χ3v) is 5.77. The molecular formula is C25H27N5O4. The molecule has 1 aliphatic heterocycles. The number of carbonyl (C=O) groups excluding carboxylic acids is 1. The number of carbonyl (C=O) groups is 1. The first-order valence-electron chi connectivity index (χ1n) is 10.9. The van der Waals surface area contributed by atoms with Gasteiger partial charge in [-0.3, -0.25) is 10.1 Å². The quantitative estimate of drug-likeness (QED) is 0.260. The number of hydrogen-bond acceptors (Lipinski definition) is 8. The Morgan fingerprint density at radius 3 is 2.56 bits per heavy atom. The second-order valence-electron chi connectivity index (χ2n) is 8.75. The zero-order chi connectivity index (χ0) is 25.0. The number of methoxy groups -OCH3 is 1. The van der Waals surface area contributed by atoms with E-state index in [1.807, 2.05) is 25.1 Å². The van der Waals surface area contributed by atoms with Crippen molar-refractivity contribution in [1.82, 2.24) is 0 Å². The highest BCUT2D eigenvalue weighted by atomic mass is 16.6. The van der Waals surface area contributed by atoms with Gasteiger partial charge in [-0.1, -0.05) is 6.08 Å². The molecule has 0 N–H and O–H groups in total. The van der Waals surface area contributed by atoms with Gasteiger partial charge in [0.15, 0.2) is 0 Å². The molecule has 0 aromatic heterocycles. The summed E-state index contributed by atoms with van der Waals surface area (Å²) in [6.45, 7) is 8.60. The second-order valence-corrected chi connectivity index (χ2v) is 8.75. The molecule has 0 atom stereocenters. The van der Waals surface area contributed by atoms with Gasteiger partial charge in [-0.15, -0.1) is 10.2 Å². The van der Waals surface area contributed by atoms with Crippen molar-refractivity contribution in [3.63, 3.8) is 0 Å². The molecule has 9 heteroatoms. The van der Waals surface area contributed by atoms with Crippen LogP contribution in [-0.4, -0.2) is 29.9 Å². The fraction of sp³-hybridized carbons (Fsp3) is 0.360. The number of ether oxygens (including phenoxy) is 1. The number of nitriles is 1. The summed E-state index contributed by atoms with van der Waals surface area (Å²) >= 11 is 0. The molecule has 0 saturated carbocycles. The number of benzene rings is 2. The molecule has 1 aliphatic rings. The monoisotopic (exact) mass is 461 g/mol. The minimum Gasteiger partial charge on any atom is -0.494 e. The minimum absolute atomic E-state index is 0.0596. The average molecular weight is 462 g/mol. The number of Topliss-reactive ketones (excluding diaryl/α,β-unsaturated/α-hetero) is 1. The Bertz CT molecular complexity index is 1240. The number of fused-ring (bicyclic) bond motifs is 1. The van der Waals surface area contributed by atoms with E-state index in [9.17, 15) is 20.2 Å². The Balaban J connectivity index is 2.02. The fourth-order valence-electron chi connectivity index (χ4n) is 4.15. The first-order valence-corrected chi connectivity index (χ1v) is 10.9. The first-order chi connectivity index (χ1) is 16.1. The van der Waals surface area contributed by atoms with E-state index in [0.717, 1.165) is 23.2 Å². The number of rotatable bonds is 8. The maximum atomic E-state index is 11.4. The van der Waals surface area contributed by atoms with E-state index >= 15 is 0 Å². The van der Waals surface area contributed by atoms with Crippen LogP contribution >= 0.6 is 0 Å². The van der Waals surface area contributed by atoms with Gasteiger partial charge in [0.1, 0.15) is 29.0 Å². The number of nitro benzene ring substituents is 1. The molecule has 34 heavy (non-hydrogen) atoms. The summed E-state index contributed by atoms with van der Waals surface area (Å²) in [7, 11) is 1.55. The fourth-order valence-corrected chi connectivity index (χ4v) is 4.15. The third kappa shape index (κ3) is 5.12. The second kappa shape index (κ2) is 9.83. The predicted octanol–water partition coefficient (Wildman–Crippen LogP) is 6.26. The lowest BCUT2D eigenvalue weighted by molar-refractivity contribution is -0.384. The first kappa shape index (κ1) is 24.6. The van der Waals surface area contributed by atoms with Crippen LogP contribution in [0, 0.1) is 21.4 Å². The summed E-state index contributed by atoms with van der Waals surface area (Å²) in [4.78, 5) is 24.1. The summed E-state index contributed by atoms with van der Waals surface area (Å²) in [5, 5.41) is 28.8. The van der Waals surface area contributed by atoms with Gasteiger partial charge in [-0.25, -0.2) is 0 Å². The zero-order valence-corrected chi connectivity index (χ0v) is 20.0. The molecule has 0 amide bonds.